The number of hydrogen-bond donors (Lipinski definition) is 6. The lowest BCUT2D eigenvalue weighted by Gasteiger charge is -2.22. The molecule has 0 bridgehead atoms. The molecule has 9 nitrogen and oxygen atoms in total. The number of aliphatic hydroxyl groups excluding tert-OH is 1. The molecule has 22 heavy (non-hydrogen) atoms. The smallest absolute Gasteiger partial charge is 0.347 e. The van der Waals surface area contributed by atoms with Crippen LogP contribution >= 0.6 is 0 Å². The third-order valence-corrected chi connectivity index (χ3v) is 2.76. The normalized spacial score (nSPS) is 15.2. The average Bonchev–Trinajstić information content (AvgIpc) is 2.45. The molecule has 0 heterocycles. The lowest BCUT2D eigenvalue weighted by molar-refractivity contribution is -0.184. The number of phenolic OH excluding ortho intramolecular Hbond substituents is 2. The van der Waals surface area contributed by atoms with E-state index in [1.807, 2.05) is 0 Å². The Bertz CT molecular complexity index is 649. The predicted octanol–water partition coefficient (Wildman–Crippen LogP) is -1.06. The van der Waals surface area contributed by atoms with Crippen molar-refractivity contribution in [2.45, 2.75) is 11.7 Å². The molecule has 6 N–H and O–H groups in total. The molecule has 2 atom stereocenters. The largest absolute Gasteiger partial charge is 0.504 e. The highest BCUT2D eigenvalue weighted by Gasteiger charge is 2.53. The molecule has 0 fully saturated rings. The van der Waals surface area contributed by atoms with Gasteiger partial charge >= 0.3 is 11.9 Å². The first kappa shape index (κ1) is 17.1. The molecule has 0 saturated carbocycles. The summed E-state index contributed by atoms with van der Waals surface area (Å²) < 4.78 is 0. The van der Waals surface area contributed by atoms with Gasteiger partial charge in [-0.25, -0.2) is 9.59 Å². The first-order chi connectivity index (χ1) is 10.1. The maximum absolute atomic E-state index is 11.7. The molecular weight excluding hydrogens is 300 g/mol. The van der Waals surface area contributed by atoms with Crippen LogP contribution in [-0.2, 0) is 14.4 Å². The van der Waals surface area contributed by atoms with E-state index in [1.165, 1.54) is 6.07 Å². The molecule has 0 aromatic heterocycles. The molecule has 0 aliphatic rings. The fourth-order valence-corrected chi connectivity index (χ4v) is 1.48. The van der Waals surface area contributed by atoms with Crippen molar-refractivity contribution in [1.82, 2.24) is 0 Å². The molecule has 118 valence electrons. The van der Waals surface area contributed by atoms with Crippen LogP contribution in [0.2, 0.25) is 0 Å². The van der Waals surface area contributed by atoms with Gasteiger partial charge in [-0.2, -0.15) is 0 Å². The van der Waals surface area contributed by atoms with Gasteiger partial charge in [-0.3, -0.25) is 4.79 Å². The summed E-state index contributed by atoms with van der Waals surface area (Å²) in [4.78, 5) is 33.2. The highest BCUT2D eigenvalue weighted by molar-refractivity contribution is 6.16. The van der Waals surface area contributed by atoms with Crippen molar-refractivity contribution in [3.05, 3.63) is 29.8 Å². The van der Waals surface area contributed by atoms with Crippen molar-refractivity contribution in [2.75, 3.05) is 0 Å². The van der Waals surface area contributed by atoms with Crippen LogP contribution in [0.4, 0.5) is 0 Å². The van der Waals surface area contributed by atoms with Crippen molar-refractivity contribution in [1.29, 1.82) is 0 Å². The third-order valence-electron chi connectivity index (χ3n) is 2.76. The van der Waals surface area contributed by atoms with Crippen molar-refractivity contribution in [2.24, 2.45) is 0 Å². The lowest BCUT2D eigenvalue weighted by atomic mass is 9.91. The Morgan fingerprint density at radius 1 is 1.09 bits per heavy atom. The van der Waals surface area contributed by atoms with E-state index in [0.29, 0.717) is 6.08 Å². The van der Waals surface area contributed by atoms with Crippen LogP contribution in [0.3, 0.4) is 0 Å². The molecule has 0 radical (unpaired) electrons. The van der Waals surface area contributed by atoms with E-state index < -0.39 is 40.9 Å². The van der Waals surface area contributed by atoms with E-state index >= 15 is 0 Å². The summed E-state index contributed by atoms with van der Waals surface area (Å²) in [5.41, 5.74) is -3.40. The minimum Gasteiger partial charge on any atom is -0.504 e. The summed E-state index contributed by atoms with van der Waals surface area (Å²) in [6, 6.07) is 3.38. The van der Waals surface area contributed by atoms with Gasteiger partial charge < -0.3 is 30.6 Å². The predicted molar refractivity (Wildman–Crippen MR) is 70.0 cm³/mol. The second-order valence-corrected chi connectivity index (χ2v) is 4.26. The van der Waals surface area contributed by atoms with E-state index in [4.69, 9.17) is 15.3 Å². The minimum absolute atomic E-state index is 0.154. The van der Waals surface area contributed by atoms with E-state index in [1.54, 1.807) is 0 Å². The first-order valence-electron chi connectivity index (χ1n) is 5.71. The Balaban J connectivity index is 3.11. The highest BCUT2D eigenvalue weighted by atomic mass is 16.4. The Labute approximate surface area is 123 Å². The molecule has 1 rings (SSSR count). The molecular formula is C13H12O9. The van der Waals surface area contributed by atoms with Gasteiger partial charge in [0, 0.05) is 0 Å². The summed E-state index contributed by atoms with van der Waals surface area (Å²) >= 11 is 0. The van der Waals surface area contributed by atoms with Crippen LogP contribution in [0, 0.1) is 0 Å². The van der Waals surface area contributed by atoms with Gasteiger partial charge in [0.25, 0.3) is 5.60 Å². The van der Waals surface area contributed by atoms with Gasteiger partial charge in [-0.1, -0.05) is 12.1 Å². The van der Waals surface area contributed by atoms with Crippen LogP contribution in [0.15, 0.2) is 24.3 Å². The van der Waals surface area contributed by atoms with Crippen LogP contribution < -0.4 is 0 Å². The second-order valence-electron chi connectivity index (χ2n) is 4.26. The van der Waals surface area contributed by atoms with Crippen LogP contribution in [0.1, 0.15) is 5.56 Å². The number of ketones is 1. The number of benzene rings is 1. The number of rotatable bonds is 6. The van der Waals surface area contributed by atoms with E-state index in [0.717, 1.165) is 18.2 Å². The van der Waals surface area contributed by atoms with Gasteiger partial charge in [0.2, 0.25) is 5.78 Å². The minimum atomic E-state index is -3.55. The summed E-state index contributed by atoms with van der Waals surface area (Å²) in [6.45, 7) is 0. The number of aliphatic carboxylic acids is 2. The molecule has 0 aliphatic heterocycles. The lowest BCUT2D eigenvalue weighted by Crippen LogP contribution is -2.58. The Morgan fingerprint density at radius 2 is 1.68 bits per heavy atom. The number of carbonyl (C=O) groups is 3. The molecule has 0 saturated heterocycles. The standard InChI is InChI=1S/C13H12O9/c14-7-3-1-6(5-8(7)15)2-4-9(16)13(22,12(20)21)10(17)11(18)19/h1-5,10,14-15,17,22H,(H,18,19)(H,20,21)/b4-2-. The SMILES string of the molecule is O=C(O)C(O)C(O)(C(=O)O)C(=O)/C=C\c1ccc(O)c(O)c1. The number of carboxylic acids is 2. The monoisotopic (exact) mass is 312 g/mol. The molecule has 0 amide bonds. The number of hydrogen-bond acceptors (Lipinski definition) is 7. The number of carboxylic acid groups (broad SMARTS) is 2. The Hall–Kier alpha value is -2.91. The fraction of sp³-hybridized carbons (Fsp3) is 0.154. The summed E-state index contributed by atoms with van der Waals surface area (Å²) in [5.74, 6) is -6.83. The maximum Gasteiger partial charge on any atom is 0.347 e. The van der Waals surface area contributed by atoms with Crippen molar-refractivity contribution in [3.63, 3.8) is 0 Å². The molecule has 1 aromatic carbocycles. The van der Waals surface area contributed by atoms with Gasteiger partial charge in [0.05, 0.1) is 0 Å². The van der Waals surface area contributed by atoms with Gasteiger partial charge in [-0.05, 0) is 23.8 Å². The quantitative estimate of drug-likeness (QED) is 0.217. The van der Waals surface area contributed by atoms with E-state index in [-0.39, 0.29) is 5.56 Å². The van der Waals surface area contributed by atoms with Crippen LogP contribution in [-0.4, -0.2) is 60.1 Å². The Kier molecular flexibility index (Phi) is 4.87. The van der Waals surface area contributed by atoms with Crippen molar-refractivity contribution >= 4 is 23.8 Å². The number of aromatic hydroxyl groups is 2. The Morgan fingerprint density at radius 3 is 2.14 bits per heavy atom. The van der Waals surface area contributed by atoms with E-state index in [9.17, 15) is 29.7 Å². The molecule has 1 aromatic rings. The van der Waals surface area contributed by atoms with Gasteiger partial charge in [0.1, 0.15) is 0 Å². The fourth-order valence-electron chi connectivity index (χ4n) is 1.48. The van der Waals surface area contributed by atoms with Gasteiger partial charge in [-0.15, -0.1) is 0 Å². The summed E-state index contributed by atoms with van der Waals surface area (Å²) in [6.07, 6.45) is -1.37. The number of phenols is 2. The topological polar surface area (TPSA) is 173 Å². The van der Waals surface area contributed by atoms with Crippen molar-refractivity contribution < 1.29 is 45.0 Å². The molecule has 0 aliphatic carbocycles. The van der Waals surface area contributed by atoms with E-state index in [2.05, 4.69) is 0 Å². The zero-order valence-electron chi connectivity index (χ0n) is 10.9. The van der Waals surface area contributed by atoms with Crippen LogP contribution in [0.25, 0.3) is 6.08 Å². The molecule has 0 spiro atoms. The zero-order valence-corrected chi connectivity index (χ0v) is 10.9. The molecule has 2 unspecified atom stereocenters. The molecule has 9 heteroatoms. The average molecular weight is 312 g/mol. The number of aliphatic hydroxyl groups is 2. The maximum atomic E-state index is 11.7. The first-order valence-corrected chi connectivity index (χ1v) is 5.71. The number of carbonyl (C=O) groups excluding carboxylic acids is 1. The van der Waals surface area contributed by atoms with Gasteiger partial charge in [0.15, 0.2) is 17.6 Å². The van der Waals surface area contributed by atoms with Crippen molar-refractivity contribution in [3.8, 4) is 11.5 Å². The second kappa shape index (κ2) is 6.24. The van der Waals surface area contributed by atoms with Crippen LogP contribution in [0.5, 0.6) is 11.5 Å². The summed E-state index contributed by atoms with van der Waals surface area (Å²) in [7, 11) is 0. The summed E-state index contributed by atoms with van der Waals surface area (Å²) in [5, 5.41) is 54.6. The highest BCUT2D eigenvalue weighted by Crippen LogP contribution is 2.25. The third kappa shape index (κ3) is 3.22. The zero-order chi connectivity index (χ0) is 17.1.